The lowest BCUT2D eigenvalue weighted by Crippen LogP contribution is -2.16. The predicted molar refractivity (Wildman–Crippen MR) is 184 cm³/mol. The summed E-state index contributed by atoms with van der Waals surface area (Å²) in [6.07, 6.45) is 1.91. The van der Waals surface area contributed by atoms with Gasteiger partial charge in [0.2, 0.25) is 11.8 Å². The lowest BCUT2D eigenvalue weighted by molar-refractivity contribution is 0.206. The maximum Gasteiger partial charge on any atom is 0.217 e. The van der Waals surface area contributed by atoms with E-state index in [0.29, 0.717) is 0 Å². The van der Waals surface area contributed by atoms with Gasteiger partial charge in [-0.3, -0.25) is 0 Å². The van der Waals surface area contributed by atoms with E-state index in [1.54, 1.807) is 0 Å². The SMILES string of the molecule is Cc1cc(C)c(N(c2cccc(C3=NC4c5ccccc5CC4O3)c2)c2cccc(C3=NC4c5ccccc5CC4O3)c2)c(C)c1. The third kappa shape index (κ3) is 4.37. The quantitative estimate of drug-likeness (QED) is 0.202. The smallest absolute Gasteiger partial charge is 0.217 e. The number of hydrogen-bond acceptors (Lipinski definition) is 5. The van der Waals surface area contributed by atoms with Crippen LogP contribution in [-0.4, -0.2) is 24.0 Å². The average molecular weight is 602 g/mol. The summed E-state index contributed by atoms with van der Waals surface area (Å²) in [4.78, 5) is 12.6. The summed E-state index contributed by atoms with van der Waals surface area (Å²) in [5.74, 6) is 1.44. The van der Waals surface area contributed by atoms with Crippen LogP contribution in [-0.2, 0) is 22.3 Å². The van der Waals surface area contributed by atoms with Gasteiger partial charge >= 0.3 is 0 Å². The minimum absolute atomic E-state index is 0.0582. The van der Waals surface area contributed by atoms with Gasteiger partial charge in [-0.05, 0) is 90.6 Å². The molecule has 5 aromatic rings. The van der Waals surface area contributed by atoms with Crippen LogP contribution >= 0.6 is 0 Å². The highest BCUT2D eigenvalue weighted by Crippen LogP contribution is 2.44. The number of benzene rings is 5. The molecule has 5 heteroatoms. The Morgan fingerprint density at radius 3 is 1.54 bits per heavy atom. The van der Waals surface area contributed by atoms with E-state index in [-0.39, 0.29) is 24.3 Å². The summed E-state index contributed by atoms with van der Waals surface area (Å²) >= 11 is 0. The second kappa shape index (κ2) is 10.4. The van der Waals surface area contributed by atoms with Crippen LogP contribution in [0.2, 0.25) is 0 Å². The first kappa shape index (κ1) is 27.2. The van der Waals surface area contributed by atoms with Gasteiger partial charge in [0, 0.05) is 35.3 Å². The van der Waals surface area contributed by atoms with Crippen molar-refractivity contribution in [2.45, 2.75) is 57.9 Å². The lowest BCUT2D eigenvalue weighted by atomic mass is 10.0. The Kier molecular flexibility index (Phi) is 6.17. The number of hydrogen-bond donors (Lipinski definition) is 0. The third-order valence-corrected chi connectivity index (χ3v) is 9.89. The number of fused-ring (bicyclic) bond motifs is 6. The zero-order valence-electron chi connectivity index (χ0n) is 26.3. The first-order chi connectivity index (χ1) is 22.5. The molecule has 2 aliphatic heterocycles. The van der Waals surface area contributed by atoms with E-state index in [1.807, 2.05) is 0 Å². The molecule has 2 aliphatic carbocycles. The molecule has 2 heterocycles. The van der Waals surface area contributed by atoms with Gasteiger partial charge in [-0.1, -0.05) is 78.4 Å². The fourth-order valence-corrected chi connectivity index (χ4v) is 7.97. The summed E-state index contributed by atoms with van der Waals surface area (Å²) in [6.45, 7) is 6.55. The van der Waals surface area contributed by atoms with Crippen molar-refractivity contribution >= 4 is 28.9 Å². The van der Waals surface area contributed by atoms with Crippen molar-refractivity contribution in [2.24, 2.45) is 9.98 Å². The highest BCUT2D eigenvalue weighted by molar-refractivity contribution is 5.99. The molecule has 0 N–H and O–H groups in total. The molecule has 5 aromatic carbocycles. The average Bonchev–Trinajstić information content (AvgIpc) is 3.82. The van der Waals surface area contributed by atoms with Gasteiger partial charge in [-0.25, -0.2) is 9.98 Å². The topological polar surface area (TPSA) is 46.4 Å². The molecule has 0 spiro atoms. The van der Waals surface area contributed by atoms with E-state index in [1.165, 1.54) is 44.6 Å². The molecule has 0 fully saturated rings. The maximum absolute atomic E-state index is 6.51. The van der Waals surface area contributed by atoms with E-state index in [9.17, 15) is 0 Å². The molecule has 9 rings (SSSR count). The van der Waals surface area contributed by atoms with E-state index < -0.39 is 0 Å². The first-order valence-electron chi connectivity index (χ1n) is 16.2. The Morgan fingerprint density at radius 2 is 1.04 bits per heavy atom. The van der Waals surface area contributed by atoms with Crippen molar-refractivity contribution in [1.82, 2.24) is 0 Å². The molecule has 226 valence electrons. The van der Waals surface area contributed by atoms with Crippen LogP contribution in [0.1, 0.15) is 62.2 Å². The molecule has 4 atom stereocenters. The number of nitrogens with zero attached hydrogens (tertiary/aromatic N) is 3. The molecule has 46 heavy (non-hydrogen) atoms. The monoisotopic (exact) mass is 601 g/mol. The van der Waals surface area contributed by atoms with Gasteiger partial charge in [0.25, 0.3) is 0 Å². The van der Waals surface area contributed by atoms with Gasteiger partial charge in [-0.15, -0.1) is 0 Å². The van der Waals surface area contributed by atoms with Crippen LogP contribution < -0.4 is 4.90 Å². The molecule has 0 amide bonds. The number of ether oxygens (including phenoxy) is 2. The maximum atomic E-state index is 6.51. The molecule has 0 radical (unpaired) electrons. The number of rotatable bonds is 5. The van der Waals surface area contributed by atoms with Crippen LogP contribution in [0.3, 0.4) is 0 Å². The van der Waals surface area contributed by atoms with E-state index in [2.05, 4.69) is 135 Å². The van der Waals surface area contributed by atoms with Crippen molar-refractivity contribution in [2.75, 3.05) is 4.90 Å². The highest BCUT2D eigenvalue weighted by atomic mass is 16.5. The largest absolute Gasteiger partial charge is 0.471 e. The van der Waals surface area contributed by atoms with Crippen LogP contribution in [0, 0.1) is 20.8 Å². The molecule has 0 saturated carbocycles. The Morgan fingerprint density at radius 1 is 0.565 bits per heavy atom. The van der Waals surface area contributed by atoms with Gasteiger partial charge in [-0.2, -0.15) is 0 Å². The second-order valence-electron chi connectivity index (χ2n) is 13.1. The first-order valence-corrected chi connectivity index (χ1v) is 16.2. The van der Waals surface area contributed by atoms with Crippen LogP contribution in [0.15, 0.2) is 119 Å². The minimum atomic E-state index is 0.0582. The number of anilines is 3. The van der Waals surface area contributed by atoms with Gasteiger partial charge in [0.1, 0.15) is 24.3 Å². The van der Waals surface area contributed by atoms with Crippen molar-refractivity contribution in [3.63, 3.8) is 0 Å². The zero-order valence-corrected chi connectivity index (χ0v) is 26.3. The molecular weight excluding hydrogens is 566 g/mol. The van der Waals surface area contributed by atoms with E-state index in [0.717, 1.165) is 47.1 Å². The minimum Gasteiger partial charge on any atom is -0.471 e. The summed E-state index contributed by atoms with van der Waals surface area (Å²) in [7, 11) is 0. The van der Waals surface area contributed by atoms with Crippen molar-refractivity contribution in [1.29, 1.82) is 0 Å². The van der Waals surface area contributed by atoms with E-state index in [4.69, 9.17) is 19.5 Å². The van der Waals surface area contributed by atoms with Crippen molar-refractivity contribution < 1.29 is 9.47 Å². The number of aryl methyl sites for hydroxylation is 3. The molecule has 0 bridgehead atoms. The molecule has 4 aliphatic rings. The highest BCUT2D eigenvalue weighted by Gasteiger charge is 2.40. The van der Waals surface area contributed by atoms with Gasteiger partial charge in [0.15, 0.2) is 0 Å². The predicted octanol–water partition coefficient (Wildman–Crippen LogP) is 8.97. The van der Waals surface area contributed by atoms with Crippen LogP contribution in [0.4, 0.5) is 17.1 Å². The Bertz CT molecular complexity index is 1950. The summed E-state index contributed by atoms with van der Waals surface area (Å²) < 4.78 is 13.0. The Hall–Kier alpha value is -5.16. The van der Waals surface area contributed by atoms with Gasteiger partial charge in [0.05, 0.1) is 5.69 Å². The van der Waals surface area contributed by atoms with Gasteiger partial charge < -0.3 is 14.4 Å². The molecule has 5 nitrogen and oxygen atoms in total. The summed E-state index contributed by atoms with van der Waals surface area (Å²) in [6, 6.07) is 39.0. The molecule has 0 saturated heterocycles. The van der Waals surface area contributed by atoms with Crippen molar-refractivity contribution in [3.05, 3.63) is 159 Å². The standard InChI is InChI=1S/C41H35N3O2/c1-24-18-25(2)39(26(3)19-24)44(31-14-8-12-29(20-31)40-42-37-33-16-6-4-10-27(33)22-35(37)45-40)32-15-9-13-30(21-32)41-43-38-34-17-7-5-11-28(34)23-36(38)46-41/h4-21,35-38H,22-23H2,1-3H3. The zero-order chi connectivity index (χ0) is 30.9. The molecule has 4 unspecified atom stereocenters. The van der Waals surface area contributed by atoms with Crippen molar-refractivity contribution in [3.8, 4) is 0 Å². The summed E-state index contributed by atoms with van der Waals surface area (Å²) in [5, 5.41) is 0. The molecular formula is C41H35N3O2. The Labute approximate surface area is 269 Å². The molecule has 0 aromatic heterocycles. The van der Waals surface area contributed by atoms with Crippen LogP contribution in [0.25, 0.3) is 0 Å². The normalized spacial score (nSPS) is 21.8. The third-order valence-electron chi connectivity index (χ3n) is 9.89. The Balaban J connectivity index is 1.12. The van der Waals surface area contributed by atoms with Crippen LogP contribution in [0.5, 0.6) is 0 Å². The summed E-state index contributed by atoms with van der Waals surface area (Å²) in [5.41, 5.74) is 14.2. The second-order valence-corrected chi connectivity index (χ2v) is 13.1. The fraction of sp³-hybridized carbons (Fsp3) is 0.220. The van der Waals surface area contributed by atoms with E-state index >= 15 is 0 Å². The lowest BCUT2D eigenvalue weighted by Gasteiger charge is -2.29. The fourth-order valence-electron chi connectivity index (χ4n) is 7.97. The number of aliphatic imine (C=N–C) groups is 2.